The third-order valence-corrected chi connectivity index (χ3v) is 22.0. The predicted octanol–water partition coefficient (Wildman–Crippen LogP) is 14.8. The molecule has 2 aliphatic heterocycles. The minimum atomic E-state index is -2.87. The summed E-state index contributed by atoms with van der Waals surface area (Å²) in [7, 11) is -2.87. The number of hydrogen-bond donors (Lipinski definition) is 0. The van der Waals surface area contributed by atoms with Gasteiger partial charge in [0.15, 0.2) is 8.07 Å². The first-order valence-corrected chi connectivity index (χ1v) is 27.4. The molecule has 0 unspecified atom stereocenters. The van der Waals surface area contributed by atoms with Gasteiger partial charge >= 0.3 is 0 Å². The van der Waals surface area contributed by atoms with Crippen molar-refractivity contribution in [2.75, 3.05) is 0 Å². The van der Waals surface area contributed by atoms with E-state index in [1.807, 2.05) is 23.5 Å². The Kier molecular flexibility index (Phi) is 10.6. The van der Waals surface area contributed by atoms with Gasteiger partial charge in [0, 0.05) is 26.1 Å². The van der Waals surface area contributed by atoms with Crippen LogP contribution in [-0.2, 0) is 0 Å². The van der Waals surface area contributed by atoms with Crippen molar-refractivity contribution < 1.29 is 0 Å². The average molecular weight is 945 g/mol. The zero-order valence-corrected chi connectivity index (χ0v) is 41.0. The zero-order valence-electron chi connectivity index (χ0n) is 38.4. The Morgan fingerprint density at radius 2 is 0.671 bits per heavy atom. The fourth-order valence-electron chi connectivity index (χ4n) is 11.2. The number of fused-ring (bicyclic) bond motifs is 8. The molecule has 1 spiro atoms. The molecule has 0 fully saturated rings. The van der Waals surface area contributed by atoms with E-state index < -0.39 is 8.07 Å². The van der Waals surface area contributed by atoms with Crippen molar-refractivity contribution in [1.29, 1.82) is 0 Å². The Hall–Kier alpha value is -7.80. The van der Waals surface area contributed by atoms with Gasteiger partial charge in [0.1, 0.15) is 11.4 Å². The van der Waals surface area contributed by atoms with Crippen molar-refractivity contribution in [2.45, 2.75) is 26.6 Å². The van der Waals surface area contributed by atoms with Crippen LogP contribution in [0.15, 0.2) is 269 Å². The van der Waals surface area contributed by atoms with E-state index in [1.54, 1.807) is 6.33 Å². The van der Waals surface area contributed by atoms with Crippen molar-refractivity contribution >= 4 is 52.3 Å². The number of rotatable bonds is 7. The van der Waals surface area contributed by atoms with Crippen molar-refractivity contribution in [3.8, 4) is 77.9 Å². The first kappa shape index (κ1) is 42.3. The van der Waals surface area contributed by atoms with Crippen LogP contribution in [0.3, 0.4) is 0 Å². The van der Waals surface area contributed by atoms with Gasteiger partial charge in [0.05, 0.1) is 0 Å². The molecular formula is C65H44N2S2Si. The molecule has 1 aromatic heterocycles. The minimum absolute atomic E-state index is 1.05. The van der Waals surface area contributed by atoms with E-state index in [9.17, 15) is 0 Å². The monoisotopic (exact) mass is 944 g/mol. The van der Waals surface area contributed by atoms with Crippen molar-refractivity contribution in [3.05, 3.63) is 255 Å². The van der Waals surface area contributed by atoms with Crippen molar-refractivity contribution in [1.82, 2.24) is 9.97 Å². The topological polar surface area (TPSA) is 25.8 Å². The maximum absolute atomic E-state index is 5.08. The molecule has 0 saturated heterocycles. The van der Waals surface area contributed by atoms with Gasteiger partial charge in [-0.3, -0.25) is 0 Å². The summed E-state index contributed by atoms with van der Waals surface area (Å²) in [5.41, 5.74) is 17.9. The molecule has 0 aliphatic carbocycles. The van der Waals surface area contributed by atoms with Gasteiger partial charge in [0.25, 0.3) is 0 Å². The van der Waals surface area contributed by atoms with Gasteiger partial charge in [-0.05, 0) is 118 Å². The summed E-state index contributed by atoms with van der Waals surface area (Å²) in [5, 5.41) is 6.53. The Balaban J connectivity index is 1.11. The van der Waals surface area contributed by atoms with Crippen LogP contribution in [0.2, 0.25) is 0 Å². The Morgan fingerprint density at radius 3 is 1.09 bits per heavy atom. The number of nitrogens with zero attached hydrogens (tertiary/aromatic N) is 2. The zero-order chi connectivity index (χ0) is 46.6. The van der Waals surface area contributed by atoms with E-state index in [0.29, 0.717) is 0 Å². The lowest BCUT2D eigenvalue weighted by molar-refractivity contribution is 1.06. The Bertz CT molecular complexity index is 3580. The molecule has 70 heavy (non-hydrogen) atoms. The van der Waals surface area contributed by atoms with Crippen molar-refractivity contribution in [2.24, 2.45) is 0 Å². The van der Waals surface area contributed by atoms with Gasteiger partial charge < -0.3 is 0 Å². The summed E-state index contributed by atoms with van der Waals surface area (Å²) in [6, 6.07) is 87.5. The smallest absolute Gasteiger partial charge is 0.188 e. The number of aryl methyl sites for hydroxylation is 1. The molecule has 5 heteroatoms. The summed E-state index contributed by atoms with van der Waals surface area (Å²) in [4.78, 5) is 13.8. The van der Waals surface area contributed by atoms with Crippen LogP contribution in [0.4, 0.5) is 0 Å². The van der Waals surface area contributed by atoms with Gasteiger partial charge in [-0.15, -0.1) is 0 Å². The second-order valence-electron chi connectivity index (χ2n) is 18.0. The lowest BCUT2D eigenvalue weighted by atomic mass is 9.74. The average Bonchev–Trinajstić information content (AvgIpc) is 3.43. The third kappa shape index (κ3) is 6.79. The van der Waals surface area contributed by atoms with Crippen LogP contribution in [-0.4, -0.2) is 18.0 Å². The quantitative estimate of drug-likeness (QED) is 0.117. The molecule has 3 heterocycles. The van der Waals surface area contributed by atoms with E-state index in [4.69, 9.17) is 9.97 Å². The van der Waals surface area contributed by atoms with E-state index in [1.165, 1.54) is 113 Å². The van der Waals surface area contributed by atoms with Gasteiger partial charge in [-0.25, -0.2) is 9.97 Å². The molecule has 0 atom stereocenters. The molecule has 10 aromatic carbocycles. The lowest BCUT2D eigenvalue weighted by Gasteiger charge is -2.43. The molecular weight excluding hydrogens is 901 g/mol. The fraction of sp³-hybridized carbons (Fsp3) is 0.0154. The number of benzene rings is 10. The highest BCUT2D eigenvalue weighted by molar-refractivity contribution is 8.01. The summed E-state index contributed by atoms with van der Waals surface area (Å²) in [6.45, 7) is 2.27. The molecule has 0 radical (unpaired) electrons. The first-order valence-electron chi connectivity index (χ1n) is 23.8. The van der Waals surface area contributed by atoms with Crippen LogP contribution in [0.5, 0.6) is 0 Å². The molecule has 13 rings (SSSR count). The standard InChI is InChI=1S/C65H44N2S2Si/c1-43-35-40-55-64(69-65-56(41-66-42-67-65)70(55)53-33-19-17-31-51(53)68-52-32-18-20-34-54(52)70)57(43)49-36-38-50(39-37-49)63-61(47-27-13-5-14-28-47)59(45-23-9-3-10-24-45)58(44-21-7-2-8-22-44)60(46-25-11-4-12-26-46)62(63)48-29-15-6-16-30-48/h2-42H,1H3. The summed E-state index contributed by atoms with van der Waals surface area (Å²) < 4.78 is 0. The minimum Gasteiger partial charge on any atom is -0.245 e. The fourth-order valence-corrected chi connectivity index (χ4v) is 20.4. The molecule has 0 N–H and O–H groups in total. The van der Waals surface area contributed by atoms with Gasteiger partial charge in [-0.1, -0.05) is 248 Å². The molecule has 0 bridgehead atoms. The van der Waals surface area contributed by atoms with E-state index >= 15 is 0 Å². The van der Waals surface area contributed by atoms with Crippen LogP contribution < -0.4 is 20.7 Å². The molecule has 0 amide bonds. The lowest BCUT2D eigenvalue weighted by Crippen LogP contribution is -2.78. The largest absolute Gasteiger partial charge is 0.245 e. The predicted molar refractivity (Wildman–Crippen MR) is 297 cm³/mol. The summed E-state index contributed by atoms with van der Waals surface area (Å²) >= 11 is 3.70. The maximum Gasteiger partial charge on any atom is 0.188 e. The SMILES string of the molecule is Cc1ccc2c(c1-c1ccc(-c3c(-c4ccccc4)c(-c4ccccc4)c(-c4ccccc4)c(-c4ccccc4)c3-c3ccccc3)cc1)Sc1ncncc1[Si]21c2ccccc2Sc2ccccc21. The molecule has 0 saturated carbocycles. The highest BCUT2D eigenvalue weighted by Crippen LogP contribution is 2.56. The summed E-state index contributed by atoms with van der Waals surface area (Å²) in [6.07, 6.45) is 3.84. The number of aromatic nitrogens is 2. The van der Waals surface area contributed by atoms with Crippen molar-refractivity contribution in [3.63, 3.8) is 0 Å². The summed E-state index contributed by atoms with van der Waals surface area (Å²) in [5.74, 6) is 0. The first-order chi connectivity index (χ1) is 34.7. The maximum atomic E-state index is 5.08. The van der Waals surface area contributed by atoms with Crippen LogP contribution in [0.25, 0.3) is 77.9 Å². The van der Waals surface area contributed by atoms with Gasteiger partial charge in [0.2, 0.25) is 0 Å². The Morgan fingerprint density at radius 1 is 0.314 bits per heavy atom. The number of hydrogen-bond acceptors (Lipinski definition) is 4. The molecule has 11 aromatic rings. The van der Waals surface area contributed by atoms with Crippen LogP contribution in [0, 0.1) is 6.92 Å². The molecule has 2 nitrogen and oxygen atoms in total. The van der Waals surface area contributed by atoms with E-state index in [-0.39, 0.29) is 0 Å². The van der Waals surface area contributed by atoms with Gasteiger partial charge in [-0.2, -0.15) is 0 Å². The highest BCUT2D eigenvalue weighted by atomic mass is 32.2. The second kappa shape index (κ2) is 17.6. The third-order valence-electron chi connectivity index (χ3n) is 14.1. The molecule has 330 valence electrons. The molecule has 2 aliphatic rings. The normalized spacial score (nSPS) is 12.9. The second-order valence-corrected chi connectivity index (χ2v) is 23.7. The van der Waals surface area contributed by atoms with Crippen LogP contribution >= 0.6 is 23.5 Å². The van der Waals surface area contributed by atoms with E-state index in [2.05, 4.69) is 250 Å². The Labute approximate surface area is 418 Å². The highest BCUT2D eigenvalue weighted by Gasteiger charge is 2.52. The van der Waals surface area contributed by atoms with Crippen LogP contribution in [0.1, 0.15) is 5.56 Å². The van der Waals surface area contributed by atoms with E-state index in [0.717, 1.165) is 10.6 Å².